The summed E-state index contributed by atoms with van der Waals surface area (Å²) in [5.74, 6) is 0. The number of ether oxygens (including phenoxy) is 1. The van der Waals surface area contributed by atoms with Crippen LogP contribution in [0.25, 0.3) is 0 Å². The van der Waals surface area contributed by atoms with E-state index in [0.29, 0.717) is 6.73 Å². The third-order valence-corrected chi connectivity index (χ3v) is 2.18. The summed E-state index contributed by atoms with van der Waals surface area (Å²) in [7, 11) is 2.15. The molecular formula is C9H19N3O. The topological polar surface area (TPSA) is 28.1 Å². The molecule has 0 spiro atoms. The summed E-state index contributed by atoms with van der Waals surface area (Å²) in [6.07, 6.45) is 1.55. The van der Waals surface area contributed by atoms with Gasteiger partial charge in [0.25, 0.3) is 0 Å². The molecule has 0 aromatic carbocycles. The number of likely N-dealkylation sites (N-methyl/N-ethyl adjacent to an activating group) is 1. The van der Waals surface area contributed by atoms with Crippen LogP contribution in [-0.2, 0) is 4.74 Å². The van der Waals surface area contributed by atoms with Crippen molar-refractivity contribution < 1.29 is 4.74 Å². The number of aliphatic imine (C=N–C) groups is 1. The smallest absolute Gasteiger partial charge is 0.171 e. The van der Waals surface area contributed by atoms with E-state index in [9.17, 15) is 0 Å². The molecule has 1 saturated heterocycles. The first-order valence-corrected chi connectivity index (χ1v) is 4.83. The number of piperazine rings is 1. The third kappa shape index (κ3) is 4.24. The molecule has 0 aromatic heterocycles. The van der Waals surface area contributed by atoms with Gasteiger partial charge < -0.3 is 9.64 Å². The van der Waals surface area contributed by atoms with Gasteiger partial charge in [-0.15, -0.1) is 0 Å². The Bertz CT molecular complexity index is 153. The van der Waals surface area contributed by atoms with Crippen molar-refractivity contribution in [3.8, 4) is 0 Å². The van der Waals surface area contributed by atoms with Gasteiger partial charge in [-0.25, -0.2) is 0 Å². The van der Waals surface area contributed by atoms with Crippen LogP contribution in [-0.4, -0.2) is 62.7 Å². The van der Waals surface area contributed by atoms with Crippen molar-refractivity contribution in [3.05, 3.63) is 0 Å². The zero-order valence-electron chi connectivity index (χ0n) is 8.57. The van der Waals surface area contributed by atoms with Gasteiger partial charge in [0.05, 0.1) is 0 Å². The molecule has 4 heteroatoms. The molecule has 0 N–H and O–H groups in total. The van der Waals surface area contributed by atoms with E-state index < -0.39 is 0 Å². The van der Waals surface area contributed by atoms with Crippen LogP contribution in [0.5, 0.6) is 0 Å². The molecule has 1 rings (SSSR count). The van der Waals surface area contributed by atoms with Gasteiger partial charge in [-0.1, -0.05) is 0 Å². The summed E-state index contributed by atoms with van der Waals surface area (Å²) >= 11 is 0. The van der Waals surface area contributed by atoms with E-state index in [1.165, 1.54) is 0 Å². The van der Waals surface area contributed by atoms with Crippen molar-refractivity contribution in [1.82, 2.24) is 9.80 Å². The van der Waals surface area contributed by atoms with Gasteiger partial charge in [0.15, 0.2) is 6.40 Å². The molecular weight excluding hydrogens is 166 g/mol. The number of nitrogens with zero attached hydrogens (tertiary/aromatic N) is 3. The molecule has 1 heterocycles. The average Bonchev–Trinajstić information content (AvgIpc) is 2.15. The van der Waals surface area contributed by atoms with Crippen molar-refractivity contribution in [2.24, 2.45) is 4.99 Å². The summed E-state index contributed by atoms with van der Waals surface area (Å²) in [6, 6.07) is 0. The minimum Gasteiger partial charge on any atom is -0.468 e. The van der Waals surface area contributed by atoms with E-state index in [-0.39, 0.29) is 0 Å². The molecule has 0 bridgehead atoms. The monoisotopic (exact) mass is 185 g/mol. The summed E-state index contributed by atoms with van der Waals surface area (Å²) in [4.78, 5) is 8.61. The molecule has 0 radical (unpaired) electrons. The SMILES string of the molecule is CC/N=C/OCN1CCN(C)CC1. The zero-order valence-corrected chi connectivity index (χ0v) is 8.57. The lowest BCUT2D eigenvalue weighted by Crippen LogP contribution is -2.45. The van der Waals surface area contributed by atoms with Crippen LogP contribution in [0.2, 0.25) is 0 Å². The predicted molar refractivity (Wildman–Crippen MR) is 54.1 cm³/mol. The highest BCUT2D eigenvalue weighted by Crippen LogP contribution is 1.97. The number of hydrogen-bond donors (Lipinski definition) is 0. The first kappa shape index (κ1) is 10.5. The minimum atomic E-state index is 0.678. The molecule has 0 saturated carbocycles. The summed E-state index contributed by atoms with van der Waals surface area (Å²) in [5, 5.41) is 0. The molecule has 76 valence electrons. The van der Waals surface area contributed by atoms with E-state index >= 15 is 0 Å². The second-order valence-corrected chi connectivity index (χ2v) is 3.32. The zero-order chi connectivity index (χ0) is 9.52. The lowest BCUT2D eigenvalue weighted by atomic mass is 10.3. The fourth-order valence-corrected chi connectivity index (χ4v) is 1.24. The van der Waals surface area contributed by atoms with Crippen LogP contribution in [0.15, 0.2) is 4.99 Å². The molecule has 1 aliphatic rings. The summed E-state index contributed by atoms with van der Waals surface area (Å²) in [5.41, 5.74) is 0. The van der Waals surface area contributed by atoms with Crippen LogP contribution < -0.4 is 0 Å². The maximum Gasteiger partial charge on any atom is 0.171 e. The minimum absolute atomic E-state index is 0.678. The number of rotatable bonds is 4. The van der Waals surface area contributed by atoms with Crippen LogP contribution in [0.4, 0.5) is 0 Å². The van der Waals surface area contributed by atoms with E-state index in [4.69, 9.17) is 4.74 Å². The molecule has 0 atom stereocenters. The molecule has 0 unspecified atom stereocenters. The Morgan fingerprint density at radius 1 is 1.31 bits per heavy atom. The first-order chi connectivity index (χ1) is 6.33. The van der Waals surface area contributed by atoms with E-state index in [2.05, 4.69) is 21.8 Å². The molecule has 1 aliphatic heterocycles. The fraction of sp³-hybridized carbons (Fsp3) is 0.889. The van der Waals surface area contributed by atoms with E-state index in [1.54, 1.807) is 6.40 Å². The van der Waals surface area contributed by atoms with Gasteiger partial charge in [0.1, 0.15) is 6.73 Å². The Morgan fingerprint density at radius 2 is 2.00 bits per heavy atom. The van der Waals surface area contributed by atoms with Gasteiger partial charge >= 0.3 is 0 Å². The Kier molecular flexibility index (Phi) is 4.78. The highest BCUT2D eigenvalue weighted by atomic mass is 16.5. The van der Waals surface area contributed by atoms with Gasteiger partial charge in [-0.3, -0.25) is 9.89 Å². The largest absolute Gasteiger partial charge is 0.468 e. The highest BCUT2D eigenvalue weighted by Gasteiger charge is 2.12. The maximum atomic E-state index is 5.26. The molecule has 1 fully saturated rings. The quantitative estimate of drug-likeness (QED) is 0.464. The van der Waals surface area contributed by atoms with Crippen LogP contribution in [0.3, 0.4) is 0 Å². The first-order valence-electron chi connectivity index (χ1n) is 4.83. The van der Waals surface area contributed by atoms with Crippen LogP contribution in [0, 0.1) is 0 Å². The van der Waals surface area contributed by atoms with Crippen molar-refractivity contribution in [2.75, 3.05) is 46.5 Å². The molecule has 4 nitrogen and oxygen atoms in total. The predicted octanol–water partition coefficient (Wildman–Crippen LogP) is 0.256. The van der Waals surface area contributed by atoms with Crippen LogP contribution in [0.1, 0.15) is 6.92 Å². The second kappa shape index (κ2) is 5.94. The summed E-state index contributed by atoms with van der Waals surface area (Å²) < 4.78 is 5.26. The Morgan fingerprint density at radius 3 is 2.62 bits per heavy atom. The number of hydrogen-bond acceptors (Lipinski definition) is 4. The lowest BCUT2D eigenvalue weighted by Gasteiger charge is -2.31. The Hall–Kier alpha value is -0.610. The van der Waals surface area contributed by atoms with Crippen molar-refractivity contribution in [2.45, 2.75) is 6.92 Å². The van der Waals surface area contributed by atoms with Crippen molar-refractivity contribution in [1.29, 1.82) is 0 Å². The fourth-order valence-electron chi connectivity index (χ4n) is 1.24. The molecule has 13 heavy (non-hydrogen) atoms. The Balaban J connectivity index is 2.05. The molecule has 0 aromatic rings. The van der Waals surface area contributed by atoms with Gasteiger partial charge in [0, 0.05) is 32.7 Å². The van der Waals surface area contributed by atoms with E-state index in [1.807, 2.05) is 6.92 Å². The Labute approximate surface area is 80.2 Å². The maximum absolute atomic E-state index is 5.26. The standard InChI is InChI=1S/C9H19N3O/c1-3-10-8-13-9-12-6-4-11(2)5-7-12/h8H,3-7,9H2,1-2H3/b10-8+. The average molecular weight is 185 g/mol. The second-order valence-electron chi connectivity index (χ2n) is 3.32. The normalized spacial score (nSPS) is 21.1. The highest BCUT2D eigenvalue weighted by molar-refractivity contribution is 5.45. The molecule has 0 aliphatic carbocycles. The van der Waals surface area contributed by atoms with Crippen molar-refractivity contribution >= 4 is 6.40 Å². The summed E-state index contributed by atoms with van der Waals surface area (Å²) in [6.45, 7) is 7.92. The van der Waals surface area contributed by atoms with Crippen molar-refractivity contribution in [3.63, 3.8) is 0 Å². The lowest BCUT2D eigenvalue weighted by molar-refractivity contribution is 0.0738. The van der Waals surface area contributed by atoms with Crippen LogP contribution >= 0.6 is 0 Å². The van der Waals surface area contributed by atoms with Gasteiger partial charge in [-0.2, -0.15) is 0 Å². The van der Waals surface area contributed by atoms with Gasteiger partial charge in [-0.05, 0) is 14.0 Å². The molecule has 0 amide bonds. The van der Waals surface area contributed by atoms with Gasteiger partial charge in [0.2, 0.25) is 0 Å². The third-order valence-electron chi connectivity index (χ3n) is 2.18. The van der Waals surface area contributed by atoms with E-state index in [0.717, 1.165) is 32.7 Å².